The molecule has 0 bridgehead atoms. The van der Waals surface area contributed by atoms with Crippen LogP contribution in [-0.4, -0.2) is 34.8 Å². The predicted molar refractivity (Wildman–Crippen MR) is 137 cm³/mol. The lowest BCUT2D eigenvalue weighted by molar-refractivity contribution is -0.134. The Balaban J connectivity index is 1.37. The van der Waals surface area contributed by atoms with Crippen molar-refractivity contribution in [1.29, 1.82) is 0 Å². The minimum absolute atomic E-state index is 0.107. The van der Waals surface area contributed by atoms with Gasteiger partial charge in [0.15, 0.2) is 0 Å². The summed E-state index contributed by atoms with van der Waals surface area (Å²) >= 11 is 1.42. The van der Waals surface area contributed by atoms with E-state index in [1.165, 1.54) is 22.5 Å². The number of benzene rings is 2. The van der Waals surface area contributed by atoms with E-state index < -0.39 is 0 Å². The van der Waals surface area contributed by atoms with Crippen LogP contribution in [0.3, 0.4) is 0 Å². The van der Waals surface area contributed by atoms with Gasteiger partial charge in [-0.15, -0.1) is 11.3 Å². The fourth-order valence-corrected chi connectivity index (χ4v) is 5.23. The normalized spacial score (nSPS) is 17.1. The summed E-state index contributed by atoms with van der Waals surface area (Å²) in [7, 11) is 0. The van der Waals surface area contributed by atoms with E-state index in [-0.39, 0.29) is 23.8 Å². The molecule has 0 unspecified atom stereocenters. The molecule has 0 radical (unpaired) electrons. The second-order valence-corrected chi connectivity index (χ2v) is 10.3. The van der Waals surface area contributed by atoms with E-state index in [2.05, 4.69) is 58.5 Å². The molecule has 1 aromatic heterocycles. The van der Waals surface area contributed by atoms with Gasteiger partial charge in [0.1, 0.15) is 23.1 Å². The number of ether oxygens (including phenoxy) is 1. The van der Waals surface area contributed by atoms with Gasteiger partial charge in [-0.05, 0) is 61.4 Å². The van der Waals surface area contributed by atoms with Crippen LogP contribution in [-0.2, 0) is 17.8 Å². The monoisotopic (exact) mass is 489 g/mol. The number of nitrogens with zero attached hydrogens (tertiary/aromatic N) is 2. The number of aryl methyl sites for hydroxylation is 1. The van der Waals surface area contributed by atoms with Crippen LogP contribution >= 0.6 is 11.3 Å². The Morgan fingerprint density at radius 1 is 1.17 bits per heavy atom. The first-order valence-electron chi connectivity index (χ1n) is 12.4. The summed E-state index contributed by atoms with van der Waals surface area (Å²) in [5.41, 5.74) is 5.15. The molecule has 5 rings (SSSR count). The number of carbonyl (C=O) groups excluding carboxylic acids is 2. The molecule has 1 fully saturated rings. The lowest BCUT2D eigenvalue weighted by Gasteiger charge is -2.38. The molecule has 1 aliphatic heterocycles. The fraction of sp³-hybridized carbons (Fsp3) is 0.393. The van der Waals surface area contributed by atoms with Gasteiger partial charge in [-0.2, -0.15) is 0 Å². The SMILES string of the molecule is CCCNC(=O)c1csc(COc2ccc3c(c2)[C@@H](c2ccc(C)cc2)N(C(=O)C2CC2)CC3)n1. The quantitative estimate of drug-likeness (QED) is 0.480. The third kappa shape index (κ3) is 5.25. The van der Waals surface area contributed by atoms with Crippen molar-refractivity contribution in [1.82, 2.24) is 15.2 Å². The Kier molecular flexibility index (Phi) is 6.86. The van der Waals surface area contributed by atoms with Crippen molar-refractivity contribution in [3.05, 3.63) is 80.8 Å². The molecule has 6 nitrogen and oxygen atoms in total. The standard InChI is InChI=1S/C28H31N3O3S/c1-3-13-29-27(32)24-17-35-25(30-24)16-34-22-11-10-19-12-14-31(28(33)21-8-9-21)26(23(19)15-22)20-6-4-18(2)5-7-20/h4-7,10-11,15,17,21,26H,3,8-9,12-14,16H2,1-2H3,(H,29,32)/t26-/m1/s1. The van der Waals surface area contributed by atoms with Gasteiger partial charge < -0.3 is 15.0 Å². The number of aromatic nitrogens is 1. The number of nitrogens with one attached hydrogen (secondary N) is 1. The van der Waals surface area contributed by atoms with E-state index in [1.54, 1.807) is 5.38 Å². The van der Waals surface area contributed by atoms with Crippen LogP contribution in [0, 0.1) is 12.8 Å². The van der Waals surface area contributed by atoms with Crippen LogP contribution < -0.4 is 10.1 Å². The van der Waals surface area contributed by atoms with E-state index in [0.717, 1.165) is 54.1 Å². The summed E-state index contributed by atoms with van der Waals surface area (Å²) in [6.07, 6.45) is 3.73. The molecule has 1 saturated carbocycles. The molecular weight excluding hydrogens is 458 g/mol. The number of amides is 2. The molecule has 2 amide bonds. The van der Waals surface area contributed by atoms with Gasteiger partial charge in [-0.3, -0.25) is 9.59 Å². The summed E-state index contributed by atoms with van der Waals surface area (Å²) < 4.78 is 6.10. The lowest BCUT2D eigenvalue weighted by atomic mass is 9.87. The molecule has 3 aromatic rings. The van der Waals surface area contributed by atoms with Gasteiger partial charge in [0, 0.05) is 24.4 Å². The molecule has 1 aliphatic carbocycles. The van der Waals surface area contributed by atoms with Crippen molar-refractivity contribution in [2.45, 2.75) is 52.2 Å². The van der Waals surface area contributed by atoms with Crippen LogP contribution in [0.15, 0.2) is 47.8 Å². The zero-order valence-corrected chi connectivity index (χ0v) is 21.1. The summed E-state index contributed by atoms with van der Waals surface area (Å²) in [6, 6.07) is 14.6. The molecule has 182 valence electrons. The number of hydrogen-bond donors (Lipinski definition) is 1. The number of rotatable bonds is 8. The summed E-state index contributed by atoms with van der Waals surface area (Å²) in [5, 5.41) is 5.38. The van der Waals surface area contributed by atoms with Gasteiger partial charge in [0.2, 0.25) is 5.91 Å². The van der Waals surface area contributed by atoms with E-state index in [0.29, 0.717) is 18.8 Å². The summed E-state index contributed by atoms with van der Waals surface area (Å²) in [6.45, 7) is 5.77. The van der Waals surface area contributed by atoms with Crippen LogP contribution in [0.1, 0.15) is 70.0 Å². The number of fused-ring (bicyclic) bond motifs is 1. The first-order valence-corrected chi connectivity index (χ1v) is 13.3. The van der Waals surface area contributed by atoms with E-state index in [9.17, 15) is 9.59 Å². The molecular formula is C28H31N3O3S. The van der Waals surface area contributed by atoms with E-state index >= 15 is 0 Å². The molecule has 1 N–H and O–H groups in total. The van der Waals surface area contributed by atoms with Crippen molar-refractivity contribution in [2.75, 3.05) is 13.1 Å². The Labute approximate surface area is 210 Å². The highest BCUT2D eigenvalue weighted by Crippen LogP contribution is 2.41. The average Bonchev–Trinajstić information content (AvgIpc) is 3.62. The van der Waals surface area contributed by atoms with Crippen molar-refractivity contribution in [3.63, 3.8) is 0 Å². The van der Waals surface area contributed by atoms with E-state index in [1.807, 2.05) is 13.0 Å². The Hall–Kier alpha value is -3.19. The van der Waals surface area contributed by atoms with Crippen LogP contribution in [0.5, 0.6) is 5.75 Å². The maximum atomic E-state index is 13.2. The largest absolute Gasteiger partial charge is 0.486 e. The second-order valence-electron chi connectivity index (χ2n) is 9.40. The summed E-state index contributed by atoms with van der Waals surface area (Å²) in [4.78, 5) is 31.8. The highest BCUT2D eigenvalue weighted by Gasteiger charge is 2.39. The number of thiazole rings is 1. The molecule has 35 heavy (non-hydrogen) atoms. The smallest absolute Gasteiger partial charge is 0.270 e. The Morgan fingerprint density at radius 3 is 2.71 bits per heavy atom. The van der Waals surface area contributed by atoms with Crippen LogP contribution in [0.2, 0.25) is 0 Å². The topological polar surface area (TPSA) is 71.5 Å². The van der Waals surface area contributed by atoms with Gasteiger partial charge in [0.05, 0.1) is 6.04 Å². The third-order valence-electron chi connectivity index (χ3n) is 6.63. The second kappa shape index (κ2) is 10.2. The van der Waals surface area contributed by atoms with Crippen molar-refractivity contribution in [2.24, 2.45) is 5.92 Å². The van der Waals surface area contributed by atoms with Gasteiger partial charge in [-0.1, -0.05) is 42.8 Å². The first-order chi connectivity index (χ1) is 17.0. The fourth-order valence-electron chi connectivity index (χ4n) is 4.55. The van der Waals surface area contributed by atoms with Crippen molar-refractivity contribution < 1.29 is 14.3 Å². The minimum Gasteiger partial charge on any atom is -0.486 e. The highest BCUT2D eigenvalue weighted by atomic mass is 32.1. The molecule has 2 aliphatic rings. The lowest BCUT2D eigenvalue weighted by Crippen LogP contribution is -2.41. The molecule has 0 spiro atoms. The Bertz CT molecular complexity index is 1220. The van der Waals surface area contributed by atoms with Gasteiger partial charge in [0.25, 0.3) is 5.91 Å². The van der Waals surface area contributed by atoms with Crippen molar-refractivity contribution >= 4 is 23.2 Å². The number of hydrogen-bond acceptors (Lipinski definition) is 5. The zero-order valence-electron chi connectivity index (χ0n) is 20.3. The highest BCUT2D eigenvalue weighted by molar-refractivity contribution is 7.09. The van der Waals surface area contributed by atoms with Gasteiger partial charge in [-0.25, -0.2) is 4.98 Å². The van der Waals surface area contributed by atoms with Crippen molar-refractivity contribution in [3.8, 4) is 5.75 Å². The predicted octanol–water partition coefficient (Wildman–Crippen LogP) is 5.05. The van der Waals surface area contributed by atoms with Crippen LogP contribution in [0.4, 0.5) is 0 Å². The third-order valence-corrected chi connectivity index (χ3v) is 7.45. The Morgan fingerprint density at radius 2 is 1.97 bits per heavy atom. The average molecular weight is 490 g/mol. The number of carbonyl (C=O) groups is 2. The van der Waals surface area contributed by atoms with Crippen LogP contribution in [0.25, 0.3) is 0 Å². The van der Waals surface area contributed by atoms with E-state index in [4.69, 9.17) is 4.74 Å². The molecule has 2 aromatic carbocycles. The summed E-state index contributed by atoms with van der Waals surface area (Å²) in [5.74, 6) is 1.04. The first kappa shape index (κ1) is 23.5. The molecule has 0 saturated heterocycles. The van der Waals surface area contributed by atoms with Gasteiger partial charge >= 0.3 is 0 Å². The zero-order chi connectivity index (χ0) is 24.4. The minimum atomic E-state index is -0.149. The molecule has 7 heteroatoms. The maximum Gasteiger partial charge on any atom is 0.270 e. The molecule has 1 atom stereocenters. The molecule has 2 heterocycles. The maximum absolute atomic E-state index is 13.2.